The fourth-order valence-corrected chi connectivity index (χ4v) is 1.37. The molecule has 0 saturated heterocycles. The van der Waals surface area contributed by atoms with Gasteiger partial charge in [0.15, 0.2) is 5.65 Å². The van der Waals surface area contributed by atoms with E-state index in [-0.39, 0.29) is 11.8 Å². The molecule has 2 aromatic heterocycles. The van der Waals surface area contributed by atoms with Crippen molar-refractivity contribution < 1.29 is 4.74 Å². The number of nitrogens with zero attached hydrogens (tertiary/aromatic N) is 3. The van der Waals surface area contributed by atoms with Gasteiger partial charge in [-0.25, -0.2) is 9.89 Å². The molecule has 0 aliphatic rings. The molecule has 0 bridgehead atoms. The third-order valence-corrected chi connectivity index (χ3v) is 2.13. The fraction of sp³-hybridized carbons (Fsp3) is 0.500. The van der Waals surface area contributed by atoms with E-state index in [9.17, 15) is 4.79 Å². The van der Waals surface area contributed by atoms with Crippen LogP contribution < -0.4 is 11.0 Å². The predicted octanol–water partition coefficient (Wildman–Crippen LogP) is 0.254. The lowest BCUT2D eigenvalue weighted by atomic mass is 10.5. The van der Waals surface area contributed by atoms with Gasteiger partial charge in [0.05, 0.1) is 12.7 Å². The van der Waals surface area contributed by atoms with Crippen molar-refractivity contribution in [3.8, 4) is 0 Å². The number of aromatic amines is 1. The Morgan fingerprint density at radius 3 is 3.12 bits per heavy atom. The summed E-state index contributed by atoms with van der Waals surface area (Å²) in [6.07, 6.45) is 0.212. The molecule has 0 saturated carbocycles. The van der Waals surface area contributed by atoms with Gasteiger partial charge in [-0.1, -0.05) is 0 Å². The summed E-state index contributed by atoms with van der Waals surface area (Å²) in [5.74, 6) is 0.619. The maximum atomic E-state index is 11.3. The Balaban J connectivity index is 1.99. The topological polar surface area (TPSA) is 84.3 Å². The van der Waals surface area contributed by atoms with Crippen LogP contribution in [0.2, 0.25) is 0 Å². The first-order chi connectivity index (χ1) is 8.16. The fourth-order valence-electron chi connectivity index (χ4n) is 1.37. The van der Waals surface area contributed by atoms with E-state index in [1.807, 2.05) is 13.8 Å². The van der Waals surface area contributed by atoms with Gasteiger partial charge >= 0.3 is 5.69 Å². The van der Waals surface area contributed by atoms with Crippen LogP contribution >= 0.6 is 0 Å². The largest absolute Gasteiger partial charge is 0.377 e. The second-order valence-electron chi connectivity index (χ2n) is 3.86. The number of ether oxygens (including phenoxy) is 1. The Morgan fingerprint density at radius 2 is 2.35 bits per heavy atom. The van der Waals surface area contributed by atoms with Crippen LogP contribution in [0.3, 0.4) is 0 Å². The van der Waals surface area contributed by atoms with Crippen molar-refractivity contribution in [1.29, 1.82) is 0 Å². The first-order valence-corrected chi connectivity index (χ1v) is 5.47. The molecule has 7 nitrogen and oxygen atoms in total. The SMILES string of the molecule is CC(C)OCCNc1ccc2n[nH]c(=O)n2n1. The van der Waals surface area contributed by atoms with E-state index in [1.54, 1.807) is 12.1 Å². The van der Waals surface area contributed by atoms with E-state index >= 15 is 0 Å². The minimum absolute atomic E-state index is 0.212. The van der Waals surface area contributed by atoms with Crippen LogP contribution in [0.4, 0.5) is 5.82 Å². The van der Waals surface area contributed by atoms with Crippen molar-refractivity contribution in [1.82, 2.24) is 19.8 Å². The summed E-state index contributed by atoms with van der Waals surface area (Å²) in [5, 5.41) is 13.3. The van der Waals surface area contributed by atoms with Crippen LogP contribution in [0.1, 0.15) is 13.8 Å². The maximum Gasteiger partial charge on any atom is 0.364 e. The van der Waals surface area contributed by atoms with Crippen molar-refractivity contribution in [3.63, 3.8) is 0 Å². The lowest BCUT2D eigenvalue weighted by molar-refractivity contribution is 0.0870. The summed E-state index contributed by atoms with van der Waals surface area (Å²) < 4.78 is 6.60. The molecule has 2 N–H and O–H groups in total. The lowest BCUT2D eigenvalue weighted by Crippen LogP contribution is -2.17. The van der Waals surface area contributed by atoms with Crippen LogP contribution in [0, 0.1) is 0 Å². The molecule has 7 heteroatoms. The van der Waals surface area contributed by atoms with Gasteiger partial charge in [-0.15, -0.1) is 5.10 Å². The Hall–Kier alpha value is -1.89. The van der Waals surface area contributed by atoms with E-state index < -0.39 is 0 Å². The van der Waals surface area contributed by atoms with Crippen LogP contribution in [0.5, 0.6) is 0 Å². The number of hydrogen-bond donors (Lipinski definition) is 2. The number of anilines is 1. The molecule has 0 unspecified atom stereocenters. The van der Waals surface area contributed by atoms with E-state index in [0.717, 1.165) is 0 Å². The summed E-state index contributed by atoms with van der Waals surface area (Å²) in [7, 11) is 0. The molecular weight excluding hydrogens is 222 g/mol. The molecule has 2 aromatic rings. The molecule has 0 fully saturated rings. The van der Waals surface area contributed by atoms with Gasteiger partial charge in [0.1, 0.15) is 5.82 Å². The van der Waals surface area contributed by atoms with E-state index in [0.29, 0.717) is 24.6 Å². The molecule has 0 spiro atoms. The summed E-state index contributed by atoms with van der Waals surface area (Å²) >= 11 is 0. The normalized spacial score (nSPS) is 11.2. The second kappa shape index (κ2) is 4.96. The quantitative estimate of drug-likeness (QED) is 0.728. The molecule has 0 radical (unpaired) electrons. The summed E-state index contributed by atoms with van der Waals surface area (Å²) in [6.45, 7) is 5.20. The summed E-state index contributed by atoms with van der Waals surface area (Å²) in [6, 6.07) is 3.49. The predicted molar refractivity (Wildman–Crippen MR) is 63.2 cm³/mol. The smallest absolute Gasteiger partial charge is 0.364 e. The zero-order valence-corrected chi connectivity index (χ0v) is 9.80. The minimum Gasteiger partial charge on any atom is -0.377 e. The zero-order chi connectivity index (χ0) is 12.3. The first kappa shape index (κ1) is 11.6. The van der Waals surface area contributed by atoms with Crippen molar-refractivity contribution >= 4 is 11.5 Å². The summed E-state index contributed by atoms with van der Waals surface area (Å²) in [5.41, 5.74) is 0.154. The number of fused-ring (bicyclic) bond motifs is 1. The van der Waals surface area contributed by atoms with Gasteiger partial charge in [0, 0.05) is 6.54 Å². The van der Waals surface area contributed by atoms with Gasteiger partial charge in [-0.05, 0) is 26.0 Å². The summed E-state index contributed by atoms with van der Waals surface area (Å²) in [4.78, 5) is 11.3. The molecular formula is C10H15N5O2. The number of aromatic nitrogens is 4. The standard InChI is InChI=1S/C10H15N5O2/c1-7(2)17-6-5-11-8-3-4-9-12-13-10(16)15(9)14-8/h3-4,7H,5-6H2,1-2H3,(H,11,14)(H,13,16). The molecule has 17 heavy (non-hydrogen) atoms. The Labute approximate surface area is 97.8 Å². The van der Waals surface area contributed by atoms with Crippen molar-refractivity contribution in [2.24, 2.45) is 0 Å². The van der Waals surface area contributed by atoms with Crippen LogP contribution in [-0.2, 0) is 4.74 Å². The van der Waals surface area contributed by atoms with Gasteiger partial charge in [-0.2, -0.15) is 9.61 Å². The average Bonchev–Trinajstić information content (AvgIpc) is 2.66. The highest BCUT2D eigenvalue weighted by Gasteiger charge is 2.02. The lowest BCUT2D eigenvalue weighted by Gasteiger charge is -2.08. The van der Waals surface area contributed by atoms with Crippen molar-refractivity contribution in [3.05, 3.63) is 22.6 Å². The molecule has 0 aromatic carbocycles. The maximum absolute atomic E-state index is 11.3. The van der Waals surface area contributed by atoms with Gasteiger partial charge in [-0.3, -0.25) is 0 Å². The Kier molecular flexibility index (Phi) is 3.38. The molecule has 0 aliphatic carbocycles. The number of hydrogen-bond acceptors (Lipinski definition) is 5. The number of H-pyrrole nitrogens is 1. The van der Waals surface area contributed by atoms with Gasteiger partial charge in [0.2, 0.25) is 0 Å². The van der Waals surface area contributed by atoms with E-state index in [2.05, 4.69) is 20.6 Å². The monoisotopic (exact) mass is 237 g/mol. The molecule has 92 valence electrons. The highest BCUT2D eigenvalue weighted by Crippen LogP contribution is 2.02. The molecule has 0 aliphatic heterocycles. The minimum atomic E-state index is -0.345. The van der Waals surface area contributed by atoms with Crippen LogP contribution in [0.25, 0.3) is 5.65 Å². The van der Waals surface area contributed by atoms with E-state index in [4.69, 9.17) is 4.74 Å². The van der Waals surface area contributed by atoms with Crippen molar-refractivity contribution in [2.45, 2.75) is 20.0 Å². The van der Waals surface area contributed by atoms with Gasteiger partial charge in [0.25, 0.3) is 0 Å². The average molecular weight is 237 g/mol. The zero-order valence-electron chi connectivity index (χ0n) is 9.80. The van der Waals surface area contributed by atoms with Crippen molar-refractivity contribution in [2.75, 3.05) is 18.5 Å². The van der Waals surface area contributed by atoms with E-state index in [1.165, 1.54) is 4.52 Å². The first-order valence-electron chi connectivity index (χ1n) is 5.47. The highest BCUT2D eigenvalue weighted by atomic mass is 16.5. The number of nitrogens with one attached hydrogen (secondary N) is 2. The highest BCUT2D eigenvalue weighted by molar-refractivity contribution is 5.42. The molecule has 0 amide bonds. The van der Waals surface area contributed by atoms with Crippen LogP contribution in [0.15, 0.2) is 16.9 Å². The van der Waals surface area contributed by atoms with Crippen LogP contribution in [-0.4, -0.2) is 39.1 Å². The Bertz CT molecular complexity index is 545. The number of rotatable bonds is 5. The third-order valence-electron chi connectivity index (χ3n) is 2.13. The molecule has 2 heterocycles. The Morgan fingerprint density at radius 1 is 1.53 bits per heavy atom. The van der Waals surface area contributed by atoms with Gasteiger partial charge < -0.3 is 10.1 Å². The second-order valence-corrected chi connectivity index (χ2v) is 3.86. The third kappa shape index (κ3) is 2.82. The molecule has 2 rings (SSSR count). The molecule has 0 atom stereocenters.